The number of amidine groups is 1. The van der Waals surface area contributed by atoms with E-state index < -0.39 is 22.1 Å². The number of sulfonamides is 1. The molecule has 0 bridgehead atoms. The maximum Gasteiger partial charge on any atom is 0.243 e. The lowest BCUT2D eigenvalue weighted by Crippen LogP contribution is -2.53. The molecule has 3 rings (SSSR count). The summed E-state index contributed by atoms with van der Waals surface area (Å²) in [6.07, 6.45) is 1.50. The number of benzene rings is 2. The molecule has 5 N–H and O–H groups in total. The zero-order chi connectivity index (χ0) is 25.6. The molecule has 1 heterocycles. The molecule has 0 aliphatic carbocycles. The Kier molecular flexibility index (Phi) is 8.63. The maximum absolute atomic E-state index is 13.5. The van der Waals surface area contributed by atoms with Crippen molar-refractivity contribution in [3.63, 3.8) is 0 Å². The van der Waals surface area contributed by atoms with Crippen LogP contribution in [0.3, 0.4) is 0 Å². The minimum atomic E-state index is -3.90. The number of hydrogen-bond acceptors (Lipinski definition) is 5. The molecule has 188 valence electrons. The maximum atomic E-state index is 13.5. The van der Waals surface area contributed by atoms with Gasteiger partial charge in [-0.1, -0.05) is 56.3 Å². The van der Waals surface area contributed by atoms with Crippen LogP contribution in [-0.2, 0) is 26.2 Å². The Bertz CT molecular complexity index is 1150. The van der Waals surface area contributed by atoms with Crippen molar-refractivity contribution in [2.45, 2.75) is 56.6 Å². The van der Waals surface area contributed by atoms with Gasteiger partial charge >= 0.3 is 0 Å². The van der Waals surface area contributed by atoms with Gasteiger partial charge < -0.3 is 16.0 Å². The van der Waals surface area contributed by atoms with Crippen LogP contribution in [-0.4, -0.2) is 49.6 Å². The predicted octanol–water partition coefficient (Wildman–Crippen LogP) is 1.97. The first-order valence-electron chi connectivity index (χ1n) is 11.7. The molecule has 1 unspecified atom stereocenters. The average molecular weight is 500 g/mol. The van der Waals surface area contributed by atoms with E-state index in [4.69, 9.17) is 11.1 Å². The summed E-state index contributed by atoms with van der Waals surface area (Å²) >= 11 is 0. The fourth-order valence-corrected chi connectivity index (χ4v) is 5.36. The number of carbonyl (C=O) groups is 2. The lowest BCUT2D eigenvalue weighted by atomic mass is 10.0. The Balaban J connectivity index is 1.69. The van der Waals surface area contributed by atoms with Crippen molar-refractivity contribution in [2.24, 2.45) is 11.7 Å². The molecule has 1 fully saturated rings. The quantitative estimate of drug-likeness (QED) is 0.292. The normalized spacial score (nSPS) is 16.8. The van der Waals surface area contributed by atoms with E-state index in [9.17, 15) is 18.0 Å². The number of hydrogen-bond donors (Lipinski definition) is 4. The van der Waals surface area contributed by atoms with E-state index in [2.05, 4.69) is 10.0 Å². The molecule has 0 aromatic heterocycles. The van der Waals surface area contributed by atoms with Gasteiger partial charge in [0.1, 0.15) is 17.9 Å². The molecular formula is C25H33N5O4S. The lowest BCUT2D eigenvalue weighted by molar-refractivity contribution is -0.140. The molecule has 2 atom stereocenters. The van der Waals surface area contributed by atoms with Crippen molar-refractivity contribution in [2.75, 3.05) is 6.54 Å². The summed E-state index contributed by atoms with van der Waals surface area (Å²) in [6, 6.07) is 13.3. The standard InChI is InChI=1S/C25H33N5O4S/c1-17(2)15-21(29-35(33,34)20-7-4-3-5-8-20)25(32)30-14-6-9-22(30)24(31)28-16-18-10-12-19(13-11-18)23(26)27/h3-5,7-8,10-13,17,21-22,29H,6,9,14-16H2,1-2H3,(H3,26,27)(H,28,31)/t21?,22-/m0/s1. The fourth-order valence-electron chi connectivity index (χ4n) is 4.14. The van der Waals surface area contributed by atoms with E-state index >= 15 is 0 Å². The molecule has 2 aromatic rings. The minimum absolute atomic E-state index is 0.0282. The predicted molar refractivity (Wildman–Crippen MR) is 134 cm³/mol. The smallest absolute Gasteiger partial charge is 0.243 e. The number of amides is 2. The zero-order valence-electron chi connectivity index (χ0n) is 20.0. The number of nitrogens with two attached hydrogens (primary N) is 1. The van der Waals surface area contributed by atoms with E-state index in [-0.39, 0.29) is 35.0 Å². The van der Waals surface area contributed by atoms with Gasteiger partial charge in [-0.15, -0.1) is 0 Å². The first-order valence-corrected chi connectivity index (χ1v) is 13.2. The molecule has 0 spiro atoms. The van der Waals surface area contributed by atoms with Crippen molar-refractivity contribution < 1.29 is 18.0 Å². The summed E-state index contributed by atoms with van der Waals surface area (Å²) < 4.78 is 28.4. The highest BCUT2D eigenvalue weighted by molar-refractivity contribution is 7.89. The Labute approximate surface area is 206 Å². The third-order valence-electron chi connectivity index (χ3n) is 5.93. The van der Waals surface area contributed by atoms with Crippen LogP contribution in [0.1, 0.15) is 44.2 Å². The summed E-state index contributed by atoms with van der Waals surface area (Å²) in [7, 11) is -3.90. The first kappa shape index (κ1) is 26.4. The molecule has 0 saturated carbocycles. The van der Waals surface area contributed by atoms with Crippen molar-refractivity contribution in [1.82, 2.24) is 14.9 Å². The summed E-state index contributed by atoms with van der Waals surface area (Å²) in [4.78, 5) is 28.0. The molecule has 2 aromatic carbocycles. The van der Waals surface area contributed by atoms with Crippen molar-refractivity contribution in [3.8, 4) is 0 Å². The van der Waals surface area contributed by atoms with E-state index in [1.54, 1.807) is 42.5 Å². The third-order valence-corrected chi connectivity index (χ3v) is 7.41. The molecule has 9 nitrogen and oxygen atoms in total. The number of nitrogen functional groups attached to an aromatic ring is 1. The van der Waals surface area contributed by atoms with Gasteiger partial charge in [0.2, 0.25) is 21.8 Å². The van der Waals surface area contributed by atoms with Crippen LogP contribution in [0, 0.1) is 11.3 Å². The summed E-state index contributed by atoms with van der Waals surface area (Å²) in [5, 5.41) is 10.3. The molecule has 2 amide bonds. The topological polar surface area (TPSA) is 145 Å². The molecule has 0 radical (unpaired) electrons. The van der Waals surface area contributed by atoms with Gasteiger partial charge in [0.25, 0.3) is 0 Å². The number of carbonyl (C=O) groups excluding carboxylic acids is 2. The van der Waals surface area contributed by atoms with Gasteiger partial charge in [-0.2, -0.15) is 4.72 Å². The Morgan fingerprint density at radius 2 is 1.77 bits per heavy atom. The highest BCUT2D eigenvalue weighted by atomic mass is 32.2. The SMILES string of the molecule is CC(C)CC(NS(=O)(=O)c1ccccc1)C(=O)N1CCC[C@H]1C(=O)NCc1ccc(C(=N)N)cc1. The highest BCUT2D eigenvalue weighted by Gasteiger charge is 2.38. The molecule has 1 aliphatic heterocycles. The van der Waals surface area contributed by atoms with E-state index in [1.165, 1.54) is 17.0 Å². The fraction of sp³-hybridized carbons (Fsp3) is 0.400. The van der Waals surface area contributed by atoms with E-state index in [0.29, 0.717) is 31.4 Å². The number of nitrogens with one attached hydrogen (secondary N) is 3. The third kappa shape index (κ3) is 6.89. The molecular weight excluding hydrogens is 466 g/mol. The number of nitrogens with zero attached hydrogens (tertiary/aromatic N) is 1. The highest BCUT2D eigenvalue weighted by Crippen LogP contribution is 2.22. The van der Waals surface area contributed by atoms with E-state index in [1.807, 2.05) is 13.8 Å². The van der Waals surface area contributed by atoms with E-state index in [0.717, 1.165) is 5.56 Å². The Morgan fingerprint density at radius 3 is 2.37 bits per heavy atom. The minimum Gasteiger partial charge on any atom is -0.384 e. The van der Waals surface area contributed by atoms with Gasteiger partial charge in [-0.25, -0.2) is 8.42 Å². The van der Waals surface area contributed by atoms with Crippen LogP contribution in [0.15, 0.2) is 59.5 Å². The summed E-state index contributed by atoms with van der Waals surface area (Å²) in [6.45, 7) is 4.50. The van der Waals surface area contributed by atoms with Crippen LogP contribution < -0.4 is 15.8 Å². The van der Waals surface area contributed by atoms with Gasteiger partial charge in [-0.05, 0) is 42.9 Å². The Morgan fingerprint density at radius 1 is 1.11 bits per heavy atom. The lowest BCUT2D eigenvalue weighted by Gasteiger charge is -2.29. The van der Waals surface area contributed by atoms with Crippen LogP contribution in [0.2, 0.25) is 0 Å². The van der Waals surface area contributed by atoms with Crippen LogP contribution in [0.5, 0.6) is 0 Å². The monoisotopic (exact) mass is 499 g/mol. The van der Waals surface area contributed by atoms with Gasteiger partial charge in [0, 0.05) is 18.7 Å². The molecule has 35 heavy (non-hydrogen) atoms. The molecule has 10 heteroatoms. The summed E-state index contributed by atoms with van der Waals surface area (Å²) in [5.41, 5.74) is 6.91. The molecule has 1 aliphatic rings. The van der Waals surface area contributed by atoms with Gasteiger partial charge in [-0.3, -0.25) is 15.0 Å². The van der Waals surface area contributed by atoms with Gasteiger partial charge in [0.05, 0.1) is 4.90 Å². The molecule has 1 saturated heterocycles. The second-order valence-corrected chi connectivity index (χ2v) is 10.8. The average Bonchev–Trinajstić information content (AvgIpc) is 3.32. The number of rotatable bonds is 10. The van der Waals surface area contributed by atoms with Crippen LogP contribution in [0.25, 0.3) is 0 Å². The van der Waals surface area contributed by atoms with Crippen LogP contribution >= 0.6 is 0 Å². The van der Waals surface area contributed by atoms with Crippen LogP contribution in [0.4, 0.5) is 0 Å². The van der Waals surface area contributed by atoms with Gasteiger partial charge in [0.15, 0.2) is 0 Å². The zero-order valence-corrected chi connectivity index (χ0v) is 20.8. The second-order valence-electron chi connectivity index (χ2n) is 9.13. The number of likely N-dealkylation sites (tertiary alicyclic amines) is 1. The second kappa shape index (κ2) is 11.5. The Hall–Kier alpha value is -3.24. The largest absolute Gasteiger partial charge is 0.384 e. The van der Waals surface area contributed by atoms with Crippen molar-refractivity contribution in [3.05, 3.63) is 65.7 Å². The first-order chi connectivity index (χ1) is 16.6. The van der Waals surface area contributed by atoms with Crippen molar-refractivity contribution in [1.29, 1.82) is 5.41 Å². The van der Waals surface area contributed by atoms with Crippen molar-refractivity contribution >= 4 is 27.7 Å². The summed E-state index contributed by atoms with van der Waals surface area (Å²) in [5.74, 6) is -0.628.